The third-order valence-electron chi connectivity index (χ3n) is 3.19. The maximum atomic E-state index is 13.9. The molecule has 0 aromatic heterocycles. The average Bonchev–Trinajstić information content (AvgIpc) is 2.43. The van der Waals surface area contributed by atoms with E-state index in [1.165, 1.54) is 12.5 Å². The molecular weight excluding hydrogens is 309 g/mol. The molecule has 0 radical (unpaired) electrons. The highest BCUT2D eigenvalue weighted by Gasteiger charge is 2.14. The molecule has 1 rings (SSSR count). The summed E-state index contributed by atoms with van der Waals surface area (Å²) in [6.07, 6.45) is 4.46. The zero-order valence-corrected chi connectivity index (χ0v) is 13.0. The zero-order valence-electron chi connectivity index (χ0n) is 11.4. The molecule has 0 fully saturated rings. The third kappa shape index (κ3) is 4.50. The molecule has 1 unspecified atom stereocenters. The molecule has 0 heterocycles. The van der Waals surface area contributed by atoms with Gasteiger partial charge in [0.05, 0.1) is 16.6 Å². The standard InChI is InChI=1S/C15H19BrFNO/c1-3-5-6-11(4-2)10-19-13-8-7-12(9-18)14(16)15(13)17/h7-8,11H,3-6,10H2,1-2H3. The lowest BCUT2D eigenvalue weighted by Crippen LogP contribution is -2.12. The second kappa shape index (κ2) is 8.16. The summed E-state index contributed by atoms with van der Waals surface area (Å²) in [5, 5.41) is 8.80. The normalized spacial score (nSPS) is 11.9. The van der Waals surface area contributed by atoms with Gasteiger partial charge in [0.25, 0.3) is 0 Å². The Hall–Kier alpha value is -1.08. The Labute approximate surface area is 122 Å². The number of nitrogens with zero attached hydrogens (tertiary/aromatic N) is 1. The molecule has 0 saturated heterocycles. The van der Waals surface area contributed by atoms with Gasteiger partial charge in [-0.25, -0.2) is 4.39 Å². The summed E-state index contributed by atoms with van der Waals surface area (Å²) >= 11 is 3.08. The maximum absolute atomic E-state index is 13.9. The average molecular weight is 328 g/mol. The Kier molecular flexibility index (Phi) is 6.86. The highest BCUT2D eigenvalue weighted by Crippen LogP contribution is 2.29. The van der Waals surface area contributed by atoms with Gasteiger partial charge in [0.2, 0.25) is 0 Å². The molecule has 0 amide bonds. The van der Waals surface area contributed by atoms with Crippen molar-refractivity contribution in [1.82, 2.24) is 0 Å². The summed E-state index contributed by atoms with van der Waals surface area (Å²) < 4.78 is 19.7. The van der Waals surface area contributed by atoms with Gasteiger partial charge in [-0.15, -0.1) is 0 Å². The van der Waals surface area contributed by atoms with Crippen LogP contribution in [0.2, 0.25) is 0 Å². The van der Waals surface area contributed by atoms with Crippen molar-refractivity contribution in [1.29, 1.82) is 5.26 Å². The molecule has 0 aliphatic heterocycles. The molecule has 0 spiro atoms. The number of benzene rings is 1. The molecule has 104 valence electrons. The summed E-state index contributed by atoms with van der Waals surface area (Å²) in [4.78, 5) is 0. The van der Waals surface area contributed by atoms with Crippen molar-refractivity contribution in [3.05, 3.63) is 28.0 Å². The Balaban J connectivity index is 2.67. The first-order chi connectivity index (χ1) is 9.13. The number of nitriles is 1. The van der Waals surface area contributed by atoms with Gasteiger partial charge in [-0.1, -0.05) is 33.1 Å². The number of unbranched alkanes of at least 4 members (excludes halogenated alkanes) is 1. The van der Waals surface area contributed by atoms with E-state index in [2.05, 4.69) is 29.8 Å². The van der Waals surface area contributed by atoms with Crippen LogP contribution in [0.1, 0.15) is 45.1 Å². The van der Waals surface area contributed by atoms with Crippen molar-refractivity contribution in [2.75, 3.05) is 6.61 Å². The first kappa shape index (κ1) is 16.0. The molecule has 4 heteroatoms. The molecule has 1 aromatic carbocycles. The van der Waals surface area contributed by atoms with Crippen molar-refractivity contribution in [3.8, 4) is 11.8 Å². The Morgan fingerprint density at radius 3 is 2.74 bits per heavy atom. The minimum atomic E-state index is -0.496. The number of rotatable bonds is 7. The van der Waals surface area contributed by atoms with E-state index in [1.807, 2.05) is 6.07 Å². The summed E-state index contributed by atoms with van der Waals surface area (Å²) in [5.74, 6) is 0.166. The van der Waals surface area contributed by atoms with Crippen LogP contribution in [0.15, 0.2) is 16.6 Å². The molecule has 0 aliphatic rings. The molecule has 1 atom stereocenters. The number of hydrogen-bond acceptors (Lipinski definition) is 2. The first-order valence-corrected chi connectivity index (χ1v) is 7.44. The minimum Gasteiger partial charge on any atom is -0.490 e. The first-order valence-electron chi connectivity index (χ1n) is 6.64. The topological polar surface area (TPSA) is 33.0 Å². The van der Waals surface area contributed by atoms with Gasteiger partial charge in [-0.3, -0.25) is 0 Å². The van der Waals surface area contributed by atoms with Gasteiger partial charge in [0.1, 0.15) is 6.07 Å². The van der Waals surface area contributed by atoms with Crippen LogP contribution in [0.5, 0.6) is 5.75 Å². The molecule has 0 aliphatic carbocycles. The highest BCUT2D eigenvalue weighted by molar-refractivity contribution is 9.10. The Morgan fingerprint density at radius 2 is 2.16 bits per heavy atom. The lowest BCUT2D eigenvalue weighted by atomic mass is 10.0. The van der Waals surface area contributed by atoms with E-state index in [9.17, 15) is 4.39 Å². The van der Waals surface area contributed by atoms with Crippen LogP contribution >= 0.6 is 15.9 Å². The smallest absolute Gasteiger partial charge is 0.180 e. The van der Waals surface area contributed by atoms with Gasteiger partial charge >= 0.3 is 0 Å². The predicted molar refractivity (Wildman–Crippen MR) is 77.6 cm³/mol. The fourth-order valence-corrected chi connectivity index (χ4v) is 2.25. The van der Waals surface area contributed by atoms with Crippen LogP contribution < -0.4 is 4.74 Å². The summed E-state index contributed by atoms with van der Waals surface area (Å²) in [5.41, 5.74) is 0.280. The number of halogens is 2. The van der Waals surface area contributed by atoms with Crippen LogP contribution in [-0.2, 0) is 0 Å². The van der Waals surface area contributed by atoms with Crippen molar-refractivity contribution < 1.29 is 9.13 Å². The molecular formula is C15H19BrFNO. The SMILES string of the molecule is CCCCC(CC)COc1ccc(C#N)c(Br)c1F. The van der Waals surface area contributed by atoms with Gasteiger partial charge in [0.15, 0.2) is 11.6 Å². The van der Waals surface area contributed by atoms with Gasteiger partial charge < -0.3 is 4.74 Å². The van der Waals surface area contributed by atoms with E-state index in [-0.39, 0.29) is 15.8 Å². The summed E-state index contributed by atoms with van der Waals surface area (Å²) in [6.45, 7) is 4.80. The van der Waals surface area contributed by atoms with Crippen LogP contribution in [-0.4, -0.2) is 6.61 Å². The number of ether oxygens (including phenoxy) is 1. The second-order valence-electron chi connectivity index (χ2n) is 4.58. The Morgan fingerprint density at radius 1 is 1.42 bits per heavy atom. The molecule has 1 aromatic rings. The van der Waals surface area contributed by atoms with Crippen molar-refractivity contribution in [3.63, 3.8) is 0 Å². The van der Waals surface area contributed by atoms with E-state index in [4.69, 9.17) is 10.00 Å². The van der Waals surface area contributed by atoms with Gasteiger partial charge in [-0.2, -0.15) is 5.26 Å². The summed E-state index contributed by atoms with van der Waals surface area (Å²) in [7, 11) is 0. The van der Waals surface area contributed by atoms with Crippen molar-refractivity contribution in [2.24, 2.45) is 5.92 Å². The Bertz CT molecular complexity index is 456. The van der Waals surface area contributed by atoms with Crippen LogP contribution in [0.25, 0.3) is 0 Å². The summed E-state index contributed by atoms with van der Waals surface area (Å²) in [6, 6.07) is 5.01. The van der Waals surface area contributed by atoms with E-state index in [1.54, 1.807) is 6.07 Å². The minimum absolute atomic E-state index is 0.175. The lowest BCUT2D eigenvalue weighted by Gasteiger charge is -2.16. The predicted octanol–water partition coefficient (Wildman–Crippen LogP) is 5.06. The fraction of sp³-hybridized carbons (Fsp3) is 0.533. The van der Waals surface area contributed by atoms with E-state index in [0.717, 1.165) is 19.3 Å². The quantitative estimate of drug-likeness (QED) is 0.701. The largest absolute Gasteiger partial charge is 0.490 e. The molecule has 0 N–H and O–H groups in total. The molecule has 19 heavy (non-hydrogen) atoms. The van der Waals surface area contributed by atoms with Crippen LogP contribution in [0.3, 0.4) is 0 Å². The second-order valence-corrected chi connectivity index (χ2v) is 5.37. The fourth-order valence-electron chi connectivity index (χ4n) is 1.84. The molecule has 0 bridgehead atoms. The van der Waals surface area contributed by atoms with E-state index >= 15 is 0 Å². The van der Waals surface area contributed by atoms with Crippen molar-refractivity contribution in [2.45, 2.75) is 39.5 Å². The van der Waals surface area contributed by atoms with Gasteiger partial charge in [0, 0.05) is 0 Å². The molecule has 0 saturated carbocycles. The van der Waals surface area contributed by atoms with E-state index < -0.39 is 5.82 Å². The van der Waals surface area contributed by atoms with Gasteiger partial charge in [-0.05, 0) is 40.4 Å². The highest BCUT2D eigenvalue weighted by atomic mass is 79.9. The van der Waals surface area contributed by atoms with Crippen LogP contribution in [0, 0.1) is 23.1 Å². The third-order valence-corrected chi connectivity index (χ3v) is 3.96. The zero-order chi connectivity index (χ0) is 14.3. The lowest BCUT2D eigenvalue weighted by molar-refractivity contribution is 0.224. The van der Waals surface area contributed by atoms with Crippen LogP contribution in [0.4, 0.5) is 4.39 Å². The van der Waals surface area contributed by atoms with Crippen molar-refractivity contribution >= 4 is 15.9 Å². The molecule has 2 nitrogen and oxygen atoms in total. The van der Waals surface area contributed by atoms with E-state index in [0.29, 0.717) is 12.5 Å². The monoisotopic (exact) mass is 327 g/mol. The maximum Gasteiger partial charge on any atom is 0.180 e. The number of hydrogen-bond donors (Lipinski definition) is 0.